The highest BCUT2D eigenvalue weighted by Gasteiger charge is 2.21. The predicted molar refractivity (Wildman–Crippen MR) is 113 cm³/mol. The van der Waals surface area contributed by atoms with Crippen LogP contribution < -0.4 is 10.6 Å². The minimum Gasteiger partial charge on any atom is -0.321 e. The van der Waals surface area contributed by atoms with E-state index in [4.69, 9.17) is 0 Å². The molecule has 29 heavy (non-hydrogen) atoms. The molecule has 0 atom stereocenters. The van der Waals surface area contributed by atoms with Gasteiger partial charge in [0.15, 0.2) is 5.69 Å². The van der Waals surface area contributed by atoms with Crippen molar-refractivity contribution in [1.29, 1.82) is 0 Å². The number of hydrogen-bond acceptors (Lipinski definition) is 3. The fourth-order valence-corrected chi connectivity index (χ4v) is 3.09. The monoisotopic (exact) mass is 384 g/mol. The zero-order chi connectivity index (χ0) is 20.2. The van der Waals surface area contributed by atoms with Crippen molar-refractivity contribution in [3.8, 4) is 0 Å². The lowest BCUT2D eigenvalue weighted by atomic mass is 10.1. The summed E-state index contributed by atoms with van der Waals surface area (Å²) < 4.78 is 1.62. The second-order valence-corrected chi connectivity index (χ2v) is 6.56. The van der Waals surface area contributed by atoms with Crippen molar-refractivity contribution in [2.45, 2.75) is 13.3 Å². The Morgan fingerprint density at radius 1 is 0.828 bits per heavy atom. The van der Waals surface area contributed by atoms with Crippen molar-refractivity contribution in [3.05, 3.63) is 96.1 Å². The number of nitrogens with zero attached hydrogens (tertiary/aromatic N) is 2. The molecular weight excluding hydrogens is 364 g/mol. The zero-order valence-electron chi connectivity index (χ0n) is 15.9. The fourth-order valence-electron chi connectivity index (χ4n) is 3.09. The highest BCUT2D eigenvalue weighted by Crippen LogP contribution is 2.17. The van der Waals surface area contributed by atoms with Gasteiger partial charge in [0.25, 0.3) is 11.8 Å². The van der Waals surface area contributed by atoms with Crippen LogP contribution in [0.25, 0.3) is 5.52 Å². The first-order valence-corrected chi connectivity index (χ1v) is 9.39. The number of benzene rings is 2. The molecule has 144 valence electrons. The molecule has 0 unspecified atom stereocenters. The van der Waals surface area contributed by atoms with Crippen molar-refractivity contribution in [1.82, 2.24) is 9.38 Å². The summed E-state index contributed by atoms with van der Waals surface area (Å²) in [5.41, 5.74) is 3.29. The largest absolute Gasteiger partial charge is 0.321 e. The molecule has 0 aliphatic carbocycles. The first-order chi connectivity index (χ1) is 14.2. The topological polar surface area (TPSA) is 75.5 Å². The maximum atomic E-state index is 12.9. The van der Waals surface area contributed by atoms with E-state index < -0.39 is 0 Å². The van der Waals surface area contributed by atoms with Gasteiger partial charge in [-0.25, -0.2) is 4.98 Å². The second-order valence-electron chi connectivity index (χ2n) is 6.56. The van der Waals surface area contributed by atoms with E-state index >= 15 is 0 Å². The number of aromatic nitrogens is 2. The summed E-state index contributed by atoms with van der Waals surface area (Å²) in [5.74, 6) is -0.598. The Morgan fingerprint density at radius 2 is 1.48 bits per heavy atom. The van der Waals surface area contributed by atoms with E-state index in [1.807, 2.05) is 48.5 Å². The van der Waals surface area contributed by atoms with Crippen LogP contribution in [0.4, 0.5) is 11.4 Å². The third kappa shape index (κ3) is 3.87. The van der Waals surface area contributed by atoms with E-state index in [0.29, 0.717) is 16.9 Å². The summed E-state index contributed by atoms with van der Waals surface area (Å²) in [5, 5.41) is 5.67. The first-order valence-electron chi connectivity index (χ1n) is 9.39. The summed E-state index contributed by atoms with van der Waals surface area (Å²) in [6.07, 6.45) is 2.65. The van der Waals surface area contributed by atoms with Crippen LogP contribution in [-0.2, 0) is 6.42 Å². The van der Waals surface area contributed by atoms with Crippen LogP contribution >= 0.6 is 0 Å². The van der Waals surface area contributed by atoms with E-state index in [-0.39, 0.29) is 23.3 Å². The number of para-hydroxylation sites is 1. The van der Waals surface area contributed by atoms with Gasteiger partial charge < -0.3 is 10.6 Å². The Kier molecular flexibility index (Phi) is 5.07. The van der Waals surface area contributed by atoms with Crippen LogP contribution in [0.2, 0.25) is 0 Å². The molecule has 0 saturated heterocycles. The molecule has 2 aromatic heterocycles. The molecule has 2 amide bonds. The van der Waals surface area contributed by atoms with E-state index in [2.05, 4.69) is 22.5 Å². The van der Waals surface area contributed by atoms with E-state index in [0.717, 1.165) is 6.42 Å². The van der Waals surface area contributed by atoms with Crippen molar-refractivity contribution in [3.63, 3.8) is 0 Å². The van der Waals surface area contributed by atoms with Gasteiger partial charge in [0.1, 0.15) is 0 Å². The number of carbonyl (C=O) groups is 2. The lowest BCUT2D eigenvalue weighted by Crippen LogP contribution is -2.16. The smallest absolute Gasteiger partial charge is 0.292 e. The molecule has 0 fully saturated rings. The molecule has 2 heterocycles. The van der Waals surface area contributed by atoms with E-state index in [9.17, 15) is 9.59 Å². The third-order valence-corrected chi connectivity index (χ3v) is 4.62. The number of hydrogen-bond donors (Lipinski definition) is 2. The van der Waals surface area contributed by atoms with Gasteiger partial charge in [0.2, 0.25) is 5.82 Å². The highest BCUT2D eigenvalue weighted by molar-refractivity contribution is 6.10. The van der Waals surface area contributed by atoms with Crippen molar-refractivity contribution >= 4 is 28.7 Å². The molecule has 0 saturated carbocycles. The Bertz CT molecular complexity index is 1160. The maximum Gasteiger partial charge on any atom is 0.292 e. The van der Waals surface area contributed by atoms with Crippen LogP contribution in [0, 0.1) is 0 Å². The molecule has 0 aliphatic heterocycles. The number of imidazole rings is 1. The number of amides is 2. The Morgan fingerprint density at radius 3 is 2.21 bits per heavy atom. The van der Waals surface area contributed by atoms with Crippen LogP contribution in [0.15, 0.2) is 79.0 Å². The molecular formula is C23H20N4O2. The first kappa shape index (κ1) is 18.4. The third-order valence-electron chi connectivity index (χ3n) is 4.62. The standard InChI is InChI=1S/C23H20N4O2/c1-2-16-11-13-18(14-12-16)25-23(29)21-26-20(19-10-6-7-15-27(19)21)22(28)24-17-8-4-3-5-9-17/h3-15H,2H2,1H3,(H,24,28)(H,25,29). The molecule has 6 heteroatoms. The number of fused-ring (bicyclic) bond motifs is 1. The predicted octanol–water partition coefficient (Wildman–Crippen LogP) is 4.40. The SMILES string of the molecule is CCc1ccc(NC(=O)c2nc(C(=O)Nc3ccccc3)c3ccccn23)cc1. The number of pyridine rings is 1. The highest BCUT2D eigenvalue weighted by atomic mass is 16.2. The fraction of sp³-hybridized carbons (Fsp3) is 0.0870. The lowest BCUT2D eigenvalue weighted by molar-refractivity contribution is 0.101. The normalized spacial score (nSPS) is 10.7. The van der Waals surface area contributed by atoms with Crippen LogP contribution in [0.1, 0.15) is 33.6 Å². The van der Waals surface area contributed by atoms with E-state index in [1.54, 1.807) is 34.9 Å². The summed E-state index contributed by atoms with van der Waals surface area (Å²) >= 11 is 0. The maximum absolute atomic E-state index is 12.9. The van der Waals surface area contributed by atoms with Gasteiger partial charge in [0.05, 0.1) is 5.52 Å². The number of nitrogens with one attached hydrogen (secondary N) is 2. The Hall–Kier alpha value is -3.93. The second kappa shape index (κ2) is 7.98. The number of aryl methyl sites for hydroxylation is 1. The molecule has 0 spiro atoms. The van der Waals surface area contributed by atoms with Gasteiger partial charge in [-0.1, -0.05) is 43.3 Å². The molecule has 2 N–H and O–H groups in total. The number of carbonyl (C=O) groups excluding carboxylic acids is 2. The van der Waals surface area contributed by atoms with Crippen LogP contribution in [0.3, 0.4) is 0 Å². The molecule has 0 radical (unpaired) electrons. The summed E-state index contributed by atoms with van der Waals surface area (Å²) in [4.78, 5) is 30.0. The summed E-state index contributed by atoms with van der Waals surface area (Å²) in [7, 11) is 0. The lowest BCUT2D eigenvalue weighted by Gasteiger charge is -2.05. The van der Waals surface area contributed by atoms with Gasteiger partial charge in [-0.3, -0.25) is 14.0 Å². The number of rotatable bonds is 5. The molecule has 4 rings (SSSR count). The van der Waals surface area contributed by atoms with Crippen molar-refractivity contribution in [2.75, 3.05) is 10.6 Å². The molecule has 4 aromatic rings. The molecule has 0 bridgehead atoms. The minimum absolute atomic E-state index is 0.151. The van der Waals surface area contributed by atoms with Gasteiger partial charge in [-0.15, -0.1) is 0 Å². The Balaban J connectivity index is 1.64. The van der Waals surface area contributed by atoms with Crippen LogP contribution in [-0.4, -0.2) is 21.2 Å². The molecule has 6 nitrogen and oxygen atoms in total. The average molecular weight is 384 g/mol. The van der Waals surface area contributed by atoms with E-state index in [1.165, 1.54) is 5.56 Å². The number of anilines is 2. The van der Waals surface area contributed by atoms with Gasteiger partial charge >= 0.3 is 0 Å². The quantitative estimate of drug-likeness (QED) is 0.535. The zero-order valence-corrected chi connectivity index (χ0v) is 15.9. The molecule has 2 aromatic carbocycles. The van der Waals surface area contributed by atoms with Crippen LogP contribution in [0.5, 0.6) is 0 Å². The molecule has 0 aliphatic rings. The van der Waals surface area contributed by atoms with Gasteiger partial charge in [-0.05, 0) is 48.4 Å². The summed E-state index contributed by atoms with van der Waals surface area (Å²) in [6.45, 7) is 2.08. The van der Waals surface area contributed by atoms with Gasteiger partial charge in [-0.2, -0.15) is 0 Å². The summed E-state index contributed by atoms with van der Waals surface area (Å²) in [6, 6.07) is 22.2. The van der Waals surface area contributed by atoms with Crippen molar-refractivity contribution < 1.29 is 9.59 Å². The van der Waals surface area contributed by atoms with Gasteiger partial charge in [0, 0.05) is 17.6 Å². The average Bonchev–Trinajstić information content (AvgIpc) is 3.15. The van der Waals surface area contributed by atoms with Crippen molar-refractivity contribution in [2.24, 2.45) is 0 Å². The Labute approximate surface area is 168 Å². The minimum atomic E-state index is -0.380.